The Morgan fingerprint density at radius 3 is 2.71 bits per heavy atom. The summed E-state index contributed by atoms with van der Waals surface area (Å²) in [6.45, 7) is 0. The molecule has 5 heteroatoms. The van der Waals surface area contributed by atoms with Crippen LogP contribution in [0.5, 0.6) is 0 Å². The van der Waals surface area contributed by atoms with Crippen molar-refractivity contribution in [3.8, 4) is 11.3 Å². The van der Waals surface area contributed by atoms with Crippen LogP contribution in [-0.2, 0) is 0 Å². The second kappa shape index (κ2) is 4.61. The molecule has 2 aromatic rings. The highest BCUT2D eigenvalue weighted by atomic mass is 16.6. The third-order valence-corrected chi connectivity index (χ3v) is 2.36. The van der Waals surface area contributed by atoms with Crippen molar-refractivity contribution >= 4 is 11.5 Å². The summed E-state index contributed by atoms with van der Waals surface area (Å²) in [4.78, 5) is 14.6. The standard InChI is InChI=1S/C12H11N3O2/c1-13-12-7-3-6-11(14-12)9-4-2-5-10(8-9)15(16)17/h2-8H,1H3,(H,13,14). The van der Waals surface area contributed by atoms with Gasteiger partial charge < -0.3 is 5.32 Å². The molecule has 2 rings (SSSR count). The van der Waals surface area contributed by atoms with Crippen LogP contribution in [0, 0.1) is 10.1 Å². The van der Waals surface area contributed by atoms with Crippen LogP contribution in [0.3, 0.4) is 0 Å². The van der Waals surface area contributed by atoms with Gasteiger partial charge in [-0.05, 0) is 12.1 Å². The van der Waals surface area contributed by atoms with E-state index in [1.807, 2.05) is 18.2 Å². The molecule has 0 spiro atoms. The number of benzene rings is 1. The van der Waals surface area contributed by atoms with Gasteiger partial charge in [0.05, 0.1) is 10.6 Å². The topological polar surface area (TPSA) is 68.1 Å². The third-order valence-electron chi connectivity index (χ3n) is 2.36. The van der Waals surface area contributed by atoms with E-state index in [-0.39, 0.29) is 5.69 Å². The summed E-state index contributed by atoms with van der Waals surface area (Å²) in [5.41, 5.74) is 1.51. The largest absolute Gasteiger partial charge is 0.373 e. The van der Waals surface area contributed by atoms with Gasteiger partial charge in [0.15, 0.2) is 0 Å². The minimum atomic E-state index is -0.411. The number of rotatable bonds is 3. The van der Waals surface area contributed by atoms with Gasteiger partial charge in [-0.2, -0.15) is 0 Å². The smallest absolute Gasteiger partial charge is 0.270 e. The quantitative estimate of drug-likeness (QED) is 0.649. The number of nitro benzene ring substituents is 1. The normalized spacial score (nSPS) is 9.94. The van der Waals surface area contributed by atoms with Crippen molar-refractivity contribution in [2.24, 2.45) is 0 Å². The molecular weight excluding hydrogens is 218 g/mol. The lowest BCUT2D eigenvalue weighted by Crippen LogP contribution is -1.94. The van der Waals surface area contributed by atoms with E-state index in [4.69, 9.17) is 0 Å². The van der Waals surface area contributed by atoms with Crippen molar-refractivity contribution < 1.29 is 4.92 Å². The first kappa shape index (κ1) is 11.1. The van der Waals surface area contributed by atoms with Crippen LogP contribution < -0.4 is 5.32 Å². The predicted molar refractivity (Wildman–Crippen MR) is 65.9 cm³/mol. The molecule has 0 unspecified atom stereocenters. The van der Waals surface area contributed by atoms with E-state index in [1.54, 1.807) is 19.2 Å². The minimum Gasteiger partial charge on any atom is -0.373 e. The minimum absolute atomic E-state index is 0.0687. The van der Waals surface area contributed by atoms with Gasteiger partial charge in [0, 0.05) is 24.7 Å². The number of hydrogen-bond donors (Lipinski definition) is 1. The highest BCUT2D eigenvalue weighted by molar-refractivity contribution is 5.64. The van der Waals surface area contributed by atoms with Crippen LogP contribution >= 0.6 is 0 Å². The SMILES string of the molecule is CNc1cccc(-c2cccc([N+](=O)[O-])c2)n1. The molecule has 1 N–H and O–H groups in total. The number of pyridine rings is 1. The average molecular weight is 229 g/mol. The Kier molecular flexibility index (Phi) is 3.00. The van der Waals surface area contributed by atoms with Crippen LogP contribution in [0.25, 0.3) is 11.3 Å². The van der Waals surface area contributed by atoms with E-state index in [0.29, 0.717) is 5.69 Å². The predicted octanol–water partition coefficient (Wildman–Crippen LogP) is 2.70. The van der Waals surface area contributed by atoms with E-state index in [2.05, 4.69) is 10.3 Å². The maximum absolute atomic E-state index is 10.7. The molecule has 17 heavy (non-hydrogen) atoms. The zero-order valence-corrected chi connectivity index (χ0v) is 9.25. The molecule has 86 valence electrons. The lowest BCUT2D eigenvalue weighted by atomic mass is 10.1. The van der Waals surface area contributed by atoms with E-state index >= 15 is 0 Å². The lowest BCUT2D eigenvalue weighted by Gasteiger charge is -2.03. The second-order valence-corrected chi connectivity index (χ2v) is 3.47. The molecule has 1 heterocycles. The highest BCUT2D eigenvalue weighted by Gasteiger charge is 2.07. The molecule has 0 bridgehead atoms. The fourth-order valence-corrected chi connectivity index (χ4v) is 1.51. The number of nitrogens with one attached hydrogen (secondary N) is 1. The molecule has 0 fully saturated rings. The fraction of sp³-hybridized carbons (Fsp3) is 0.0833. The summed E-state index contributed by atoms with van der Waals surface area (Å²) in [6.07, 6.45) is 0. The number of non-ortho nitro benzene ring substituents is 1. The van der Waals surface area contributed by atoms with Crippen LogP contribution in [-0.4, -0.2) is 17.0 Å². The van der Waals surface area contributed by atoms with Gasteiger partial charge in [-0.1, -0.05) is 18.2 Å². The Hall–Kier alpha value is -2.43. The molecule has 1 aromatic carbocycles. The molecule has 0 aliphatic carbocycles. The molecule has 0 aliphatic rings. The lowest BCUT2D eigenvalue weighted by molar-refractivity contribution is -0.384. The van der Waals surface area contributed by atoms with Gasteiger partial charge in [0.2, 0.25) is 0 Å². The van der Waals surface area contributed by atoms with Crippen molar-refractivity contribution in [1.29, 1.82) is 0 Å². The molecule has 0 amide bonds. The second-order valence-electron chi connectivity index (χ2n) is 3.47. The first-order valence-corrected chi connectivity index (χ1v) is 5.10. The monoisotopic (exact) mass is 229 g/mol. The highest BCUT2D eigenvalue weighted by Crippen LogP contribution is 2.23. The van der Waals surface area contributed by atoms with Crippen molar-refractivity contribution in [3.63, 3.8) is 0 Å². The summed E-state index contributed by atoms with van der Waals surface area (Å²) in [6, 6.07) is 11.9. The van der Waals surface area contributed by atoms with Crippen LogP contribution in [0.15, 0.2) is 42.5 Å². The third kappa shape index (κ3) is 2.39. The number of hydrogen-bond acceptors (Lipinski definition) is 4. The molecule has 0 saturated carbocycles. The fourth-order valence-electron chi connectivity index (χ4n) is 1.51. The van der Waals surface area contributed by atoms with Gasteiger partial charge in [-0.15, -0.1) is 0 Å². The first-order chi connectivity index (χ1) is 8.20. The molecule has 1 aromatic heterocycles. The summed E-state index contributed by atoms with van der Waals surface area (Å²) < 4.78 is 0. The molecule has 5 nitrogen and oxygen atoms in total. The van der Waals surface area contributed by atoms with Crippen LogP contribution in [0.4, 0.5) is 11.5 Å². The van der Waals surface area contributed by atoms with Crippen molar-refractivity contribution in [1.82, 2.24) is 4.98 Å². The van der Waals surface area contributed by atoms with Gasteiger partial charge in [0.1, 0.15) is 5.82 Å². The molecule has 0 aliphatic heterocycles. The maximum Gasteiger partial charge on any atom is 0.270 e. The number of nitrogens with zero attached hydrogens (tertiary/aromatic N) is 2. The molecule has 0 saturated heterocycles. The molecular formula is C12H11N3O2. The van der Waals surface area contributed by atoms with Crippen molar-refractivity contribution in [2.45, 2.75) is 0 Å². The van der Waals surface area contributed by atoms with E-state index in [0.717, 1.165) is 11.4 Å². The van der Waals surface area contributed by atoms with E-state index in [1.165, 1.54) is 12.1 Å². The van der Waals surface area contributed by atoms with E-state index < -0.39 is 4.92 Å². The Labute approximate surface area is 98.3 Å². The van der Waals surface area contributed by atoms with Crippen molar-refractivity contribution in [2.75, 3.05) is 12.4 Å². The van der Waals surface area contributed by atoms with Crippen molar-refractivity contribution in [3.05, 3.63) is 52.6 Å². The van der Waals surface area contributed by atoms with Gasteiger partial charge in [0.25, 0.3) is 5.69 Å². The maximum atomic E-state index is 10.7. The Morgan fingerprint density at radius 1 is 1.24 bits per heavy atom. The van der Waals surface area contributed by atoms with Gasteiger partial charge in [-0.25, -0.2) is 4.98 Å². The summed E-state index contributed by atoms with van der Waals surface area (Å²) in [5.74, 6) is 0.731. The molecule has 0 atom stereocenters. The Morgan fingerprint density at radius 2 is 2.00 bits per heavy atom. The zero-order chi connectivity index (χ0) is 12.3. The number of aromatic nitrogens is 1. The average Bonchev–Trinajstić information content (AvgIpc) is 2.39. The van der Waals surface area contributed by atoms with Gasteiger partial charge >= 0.3 is 0 Å². The zero-order valence-electron chi connectivity index (χ0n) is 9.25. The van der Waals surface area contributed by atoms with Crippen LogP contribution in [0.2, 0.25) is 0 Å². The summed E-state index contributed by atoms with van der Waals surface area (Å²) in [5, 5.41) is 13.6. The Balaban J connectivity index is 2.45. The summed E-state index contributed by atoms with van der Waals surface area (Å²) >= 11 is 0. The molecule has 0 radical (unpaired) electrons. The summed E-state index contributed by atoms with van der Waals surface area (Å²) in [7, 11) is 1.78. The van der Waals surface area contributed by atoms with E-state index in [9.17, 15) is 10.1 Å². The van der Waals surface area contributed by atoms with Crippen LogP contribution in [0.1, 0.15) is 0 Å². The number of nitro groups is 1. The number of anilines is 1. The first-order valence-electron chi connectivity index (χ1n) is 5.10. The Bertz CT molecular complexity index is 555. The van der Waals surface area contributed by atoms with Gasteiger partial charge in [-0.3, -0.25) is 10.1 Å².